The number of hydrogen-bond acceptors (Lipinski definition) is 5. The van der Waals surface area contributed by atoms with Crippen molar-refractivity contribution in [2.75, 3.05) is 49.9 Å². The molecule has 0 aliphatic carbocycles. The van der Waals surface area contributed by atoms with Gasteiger partial charge < -0.3 is 35.6 Å². The number of carbonyl (C=O) groups excluding carboxylic acids is 4. The molecule has 4 aliphatic rings. The third-order valence-corrected chi connectivity index (χ3v) is 10.1. The Labute approximate surface area is 271 Å². The molecule has 2 aromatic rings. The number of anilines is 2. The third kappa shape index (κ3) is 7.63. The van der Waals surface area contributed by atoms with Crippen molar-refractivity contribution in [3.63, 3.8) is 0 Å². The SMILES string of the molecule is Cc1cccc(NC(=O)N[C@@H](CC(=O)N2CCC(N3Cc4ccccc4NC3=O)CC2)C(=O)N2CCC(N3CCCCC3)CC2)c1. The summed E-state index contributed by atoms with van der Waals surface area (Å²) >= 11 is 0. The molecule has 3 fully saturated rings. The molecule has 2 aromatic carbocycles. The van der Waals surface area contributed by atoms with Gasteiger partial charge in [0.05, 0.1) is 6.42 Å². The molecular weight excluding hydrogens is 582 g/mol. The van der Waals surface area contributed by atoms with Gasteiger partial charge in [-0.2, -0.15) is 0 Å². The largest absolute Gasteiger partial charge is 0.342 e. The second kappa shape index (κ2) is 14.5. The van der Waals surface area contributed by atoms with E-state index in [0.717, 1.165) is 42.7 Å². The zero-order chi connectivity index (χ0) is 32.0. The van der Waals surface area contributed by atoms with Crippen LogP contribution in [0.5, 0.6) is 0 Å². The standard InChI is InChI=1S/C35H47N7O4/c1-25-8-7-10-27(22-25)36-34(45)37-31(33(44)41-20-12-28(13-21-41)39-16-5-2-6-17-39)23-32(43)40-18-14-29(15-19-40)42-24-26-9-3-4-11-30(26)38-35(42)46/h3-4,7-11,22,28-29,31H,2,5-6,12-21,23-24H2,1H3,(H,38,46)(H2,36,37,45)/t31-/m0/s1. The highest BCUT2D eigenvalue weighted by atomic mass is 16.2. The van der Waals surface area contributed by atoms with Crippen LogP contribution in [0.1, 0.15) is 62.5 Å². The number of nitrogens with one attached hydrogen (secondary N) is 3. The summed E-state index contributed by atoms with van der Waals surface area (Å²) in [6, 6.07) is 14.2. The highest BCUT2D eigenvalue weighted by molar-refractivity contribution is 5.96. The molecule has 4 heterocycles. The fourth-order valence-electron chi connectivity index (χ4n) is 7.45. The minimum atomic E-state index is -0.967. The maximum Gasteiger partial charge on any atom is 0.322 e. The van der Waals surface area contributed by atoms with Gasteiger partial charge in [-0.25, -0.2) is 9.59 Å². The maximum atomic E-state index is 13.9. The zero-order valence-electron chi connectivity index (χ0n) is 26.9. The van der Waals surface area contributed by atoms with Gasteiger partial charge in [0.1, 0.15) is 6.04 Å². The van der Waals surface area contributed by atoms with Crippen LogP contribution in [0.4, 0.5) is 21.0 Å². The Hall–Kier alpha value is -4.12. The Morgan fingerprint density at radius 1 is 0.848 bits per heavy atom. The van der Waals surface area contributed by atoms with Crippen molar-refractivity contribution in [1.82, 2.24) is 24.9 Å². The molecule has 0 aromatic heterocycles. The lowest BCUT2D eigenvalue weighted by atomic mass is 9.98. The van der Waals surface area contributed by atoms with Crippen molar-refractivity contribution in [3.05, 3.63) is 59.7 Å². The van der Waals surface area contributed by atoms with Crippen LogP contribution in [0.25, 0.3) is 0 Å². The van der Waals surface area contributed by atoms with E-state index in [1.54, 1.807) is 11.0 Å². The number of piperidine rings is 3. The van der Waals surface area contributed by atoms with E-state index < -0.39 is 12.1 Å². The number of para-hydroxylation sites is 1. The van der Waals surface area contributed by atoms with Crippen molar-refractivity contribution >= 4 is 35.3 Å². The first-order valence-electron chi connectivity index (χ1n) is 16.9. The van der Waals surface area contributed by atoms with E-state index in [-0.39, 0.29) is 30.3 Å². The fourth-order valence-corrected chi connectivity index (χ4v) is 7.45. The van der Waals surface area contributed by atoms with Crippen LogP contribution in [0.2, 0.25) is 0 Å². The average molecular weight is 630 g/mol. The molecule has 3 saturated heterocycles. The van der Waals surface area contributed by atoms with Crippen LogP contribution < -0.4 is 16.0 Å². The summed E-state index contributed by atoms with van der Waals surface area (Å²) in [6.45, 7) is 6.98. The molecule has 0 radical (unpaired) electrons. The molecule has 11 heteroatoms. The number of hydrogen-bond donors (Lipinski definition) is 3. The Morgan fingerprint density at radius 3 is 2.28 bits per heavy atom. The predicted octanol–water partition coefficient (Wildman–Crippen LogP) is 4.39. The number of benzene rings is 2. The van der Waals surface area contributed by atoms with Gasteiger partial charge in [0.2, 0.25) is 11.8 Å². The first kappa shape index (κ1) is 31.8. The van der Waals surface area contributed by atoms with Crippen LogP contribution in [0, 0.1) is 6.92 Å². The van der Waals surface area contributed by atoms with Gasteiger partial charge in [-0.3, -0.25) is 9.59 Å². The molecule has 0 bridgehead atoms. The van der Waals surface area contributed by atoms with Gasteiger partial charge in [-0.05, 0) is 87.9 Å². The molecule has 6 rings (SSSR count). The maximum absolute atomic E-state index is 13.9. The minimum absolute atomic E-state index is 0.0225. The second-order valence-corrected chi connectivity index (χ2v) is 13.2. The Kier molecular flexibility index (Phi) is 10.1. The van der Waals surface area contributed by atoms with Gasteiger partial charge in [0.15, 0.2) is 0 Å². The third-order valence-electron chi connectivity index (χ3n) is 10.1. The number of amides is 6. The van der Waals surface area contributed by atoms with Crippen molar-refractivity contribution in [1.29, 1.82) is 0 Å². The summed E-state index contributed by atoms with van der Waals surface area (Å²) < 4.78 is 0. The van der Waals surface area contributed by atoms with E-state index in [0.29, 0.717) is 57.3 Å². The lowest BCUT2D eigenvalue weighted by molar-refractivity contribution is -0.140. The van der Waals surface area contributed by atoms with Crippen LogP contribution in [0.3, 0.4) is 0 Å². The molecule has 0 unspecified atom stereocenters. The van der Waals surface area contributed by atoms with E-state index in [1.165, 1.54) is 19.3 Å². The summed E-state index contributed by atoms with van der Waals surface area (Å²) in [5.41, 5.74) is 3.56. The smallest absolute Gasteiger partial charge is 0.322 e. The molecule has 1 atom stereocenters. The van der Waals surface area contributed by atoms with Crippen molar-refractivity contribution in [3.8, 4) is 0 Å². The first-order valence-corrected chi connectivity index (χ1v) is 16.9. The molecule has 6 amide bonds. The summed E-state index contributed by atoms with van der Waals surface area (Å²) in [5, 5.41) is 8.66. The minimum Gasteiger partial charge on any atom is -0.342 e. The summed E-state index contributed by atoms with van der Waals surface area (Å²) in [6.07, 6.45) is 6.79. The Balaban J connectivity index is 1.07. The number of fused-ring (bicyclic) bond motifs is 1. The number of rotatable bonds is 7. The molecule has 46 heavy (non-hydrogen) atoms. The zero-order valence-corrected chi connectivity index (χ0v) is 26.9. The summed E-state index contributed by atoms with van der Waals surface area (Å²) in [4.78, 5) is 61.5. The van der Waals surface area contributed by atoms with Crippen LogP contribution in [-0.2, 0) is 16.1 Å². The van der Waals surface area contributed by atoms with Crippen molar-refractivity contribution in [2.24, 2.45) is 0 Å². The van der Waals surface area contributed by atoms with Gasteiger partial charge in [-0.15, -0.1) is 0 Å². The number of carbonyl (C=O) groups is 4. The second-order valence-electron chi connectivity index (χ2n) is 13.2. The van der Waals surface area contributed by atoms with E-state index in [4.69, 9.17) is 0 Å². The number of likely N-dealkylation sites (tertiary alicyclic amines) is 3. The van der Waals surface area contributed by atoms with Crippen LogP contribution in [-0.4, -0.2) is 101 Å². The van der Waals surface area contributed by atoms with Crippen molar-refractivity contribution < 1.29 is 19.2 Å². The molecule has 3 N–H and O–H groups in total. The highest BCUT2D eigenvalue weighted by Crippen LogP contribution is 2.28. The summed E-state index contributed by atoms with van der Waals surface area (Å²) in [5.74, 6) is -0.368. The van der Waals surface area contributed by atoms with Gasteiger partial charge >= 0.3 is 12.1 Å². The average Bonchev–Trinajstić information content (AvgIpc) is 3.08. The molecule has 0 spiro atoms. The predicted molar refractivity (Wildman–Crippen MR) is 177 cm³/mol. The quantitative estimate of drug-likeness (QED) is 0.420. The Morgan fingerprint density at radius 2 is 1.54 bits per heavy atom. The number of nitrogens with zero attached hydrogens (tertiary/aromatic N) is 4. The lowest BCUT2D eigenvalue weighted by Gasteiger charge is -2.41. The van der Waals surface area contributed by atoms with Crippen LogP contribution >= 0.6 is 0 Å². The van der Waals surface area contributed by atoms with E-state index in [2.05, 4.69) is 20.9 Å². The normalized spacial score (nSPS) is 20.5. The van der Waals surface area contributed by atoms with E-state index in [9.17, 15) is 19.2 Å². The molecule has 11 nitrogen and oxygen atoms in total. The Bertz CT molecular complexity index is 1410. The van der Waals surface area contributed by atoms with Gasteiger partial charge in [-0.1, -0.05) is 36.8 Å². The molecular formula is C35H47N7O4. The van der Waals surface area contributed by atoms with Gasteiger partial charge in [0.25, 0.3) is 0 Å². The highest BCUT2D eigenvalue weighted by Gasteiger charge is 2.36. The fraction of sp³-hybridized carbons (Fsp3) is 0.543. The topological polar surface area (TPSA) is 117 Å². The molecule has 0 saturated carbocycles. The van der Waals surface area contributed by atoms with Crippen molar-refractivity contribution in [2.45, 2.75) is 83.0 Å². The van der Waals surface area contributed by atoms with Crippen LogP contribution in [0.15, 0.2) is 48.5 Å². The first-order chi connectivity index (χ1) is 22.3. The van der Waals surface area contributed by atoms with E-state index in [1.807, 2.05) is 59.2 Å². The monoisotopic (exact) mass is 629 g/mol. The number of urea groups is 2. The summed E-state index contributed by atoms with van der Waals surface area (Å²) in [7, 11) is 0. The molecule has 246 valence electrons. The lowest BCUT2D eigenvalue weighted by Crippen LogP contribution is -2.56. The molecule has 4 aliphatic heterocycles. The van der Waals surface area contributed by atoms with Gasteiger partial charge in [0, 0.05) is 56.2 Å². The number of aryl methyl sites for hydroxylation is 1. The van der Waals surface area contributed by atoms with E-state index >= 15 is 0 Å².